The topological polar surface area (TPSA) is 0 Å². The Labute approximate surface area is 62.9 Å². The summed E-state index contributed by atoms with van der Waals surface area (Å²) in [5.74, 6) is 0.583. The van der Waals surface area contributed by atoms with Crippen molar-refractivity contribution in [2.45, 2.75) is 0 Å². The second kappa shape index (κ2) is 17.7. The molecule has 0 atom stereocenters. The number of rotatable bonds is 0. The van der Waals surface area contributed by atoms with E-state index in [2.05, 4.69) is 19.6 Å². The maximum absolute atomic E-state index is 4.28. The van der Waals surface area contributed by atoms with Crippen LogP contribution in [0.25, 0.3) is 0 Å². The summed E-state index contributed by atoms with van der Waals surface area (Å²) in [7, 11) is 0. The van der Waals surface area contributed by atoms with Crippen molar-refractivity contribution in [1.82, 2.24) is 0 Å². The molecule has 0 N–H and O–H groups in total. The minimum absolute atomic E-state index is 0. The first-order chi connectivity index (χ1) is 1.41. The zero-order valence-electron chi connectivity index (χ0n) is 3.82. The van der Waals surface area contributed by atoms with Crippen LogP contribution in [0.1, 0.15) is 0 Å². The molecule has 0 aliphatic rings. The molecule has 3 heteroatoms. The molecule has 0 heterocycles. The standard InChI is InChI=1S/C2H5S.2Li/c1-2-3;;/h3H,1-2H2;;/q-1;2*+1/p-1. The SMILES string of the molecule is [CH2-]C[S-].[Li+].[Li+]. The second-order valence-electron chi connectivity index (χ2n) is 0.204. The van der Waals surface area contributed by atoms with Crippen LogP contribution in [0.15, 0.2) is 0 Å². The van der Waals surface area contributed by atoms with Gasteiger partial charge in [0, 0.05) is 0 Å². The van der Waals surface area contributed by atoms with Gasteiger partial charge in [0.15, 0.2) is 0 Å². The van der Waals surface area contributed by atoms with Crippen LogP contribution in [0.2, 0.25) is 0 Å². The average Bonchev–Trinajstić information content (AvgIpc) is 0.918. The zero-order chi connectivity index (χ0) is 2.71. The Morgan fingerprint density at radius 1 is 1.40 bits per heavy atom. The quantitative estimate of drug-likeness (QED) is 0.157. The largest absolute Gasteiger partial charge is 1.00 e. The predicted octanol–water partition coefficient (Wildman–Crippen LogP) is -5.62. The minimum atomic E-state index is 0. The normalized spacial score (nSPS) is 3.60. The van der Waals surface area contributed by atoms with Crippen LogP contribution in [-0.4, -0.2) is 5.75 Å². The van der Waals surface area contributed by atoms with Crippen molar-refractivity contribution in [3.63, 3.8) is 0 Å². The van der Waals surface area contributed by atoms with Crippen LogP contribution in [0.5, 0.6) is 0 Å². The van der Waals surface area contributed by atoms with Crippen molar-refractivity contribution in [1.29, 1.82) is 0 Å². The van der Waals surface area contributed by atoms with Gasteiger partial charge in [-0.15, -0.1) is 0 Å². The number of hydrogen-bond acceptors (Lipinski definition) is 1. The number of hydrogen-bond donors (Lipinski definition) is 0. The molecule has 0 fully saturated rings. The summed E-state index contributed by atoms with van der Waals surface area (Å²) in [6, 6.07) is 0. The maximum Gasteiger partial charge on any atom is 1.00 e. The van der Waals surface area contributed by atoms with E-state index in [-0.39, 0.29) is 37.7 Å². The maximum atomic E-state index is 4.28. The predicted molar refractivity (Wildman–Crippen MR) is 17.6 cm³/mol. The average molecular weight is 74.0 g/mol. The van der Waals surface area contributed by atoms with Crippen LogP contribution < -0.4 is 37.7 Å². The summed E-state index contributed by atoms with van der Waals surface area (Å²) >= 11 is 4.28. The van der Waals surface area contributed by atoms with Gasteiger partial charge >= 0.3 is 37.7 Å². The molecule has 0 amide bonds. The van der Waals surface area contributed by atoms with Gasteiger partial charge < -0.3 is 25.3 Å². The summed E-state index contributed by atoms with van der Waals surface area (Å²) in [5, 5.41) is 0. The Bertz CT molecular complexity index is 7.61. The van der Waals surface area contributed by atoms with Crippen LogP contribution in [0.4, 0.5) is 0 Å². The fourth-order valence-electron chi connectivity index (χ4n) is 0. The molecule has 0 unspecified atom stereocenters. The molecule has 0 nitrogen and oxygen atoms in total. The fraction of sp³-hybridized carbons (Fsp3) is 0.500. The Balaban J connectivity index is -0.0000000200. The van der Waals surface area contributed by atoms with Gasteiger partial charge in [-0.25, -0.2) is 0 Å². The van der Waals surface area contributed by atoms with Crippen LogP contribution >= 0.6 is 0 Å². The molecule has 0 aliphatic carbocycles. The third kappa shape index (κ3) is 29.2. The van der Waals surface area contributed by atoms with Gasteiger partial charge in [-0.3, -0.25) is 0 Å². The van der Waals surface area contributed by atoms with Crippen molar-refractivity contribution < 1.29 is 37.7 Å². The molecule has 0 rings (SSSR count). The van der Waals surface area contributed by atoms with Gasteiger partial charge in [0.1, 0.15) is 0 Å². The van der Waals surface area contributed by atoms with E-state index < -0.39 is 0 Å². The molecule has 0 aliphatic heterocycles. The van der Waals surface area contributed by atoms with E-state index in [1.165, 1.54) is 0 Å². The summed E-state index contributed by atoms with van der Waals surface area (Å²) in [6.07, 6.45) is 0. The van der Waals surface area contributed by atoms with Gasteiger partial charge in [0.05, 0.1) is 0 Å². The molecule has 0 saturated carbocycles. The Kier molecular flexibility index (Phi) is 56.6. The van der Waals surface area contributed by atoms with Crippen molar-refractivity contribution in [2.75, 3.05) is 5.75 Å². The van der Waals surface area contributed by atoms with Gasteiger partial charge in [0.25, 0.3) is 0 Å². The molecule has 5 heavy (non-hydrogen) atoms. The Morgan fingerprint density at radius 3 is 1.40 bits per heavy atom. The molecule has 20 valence electrons. The van der Waals surface area contributed by atoms with Gasteiger partial charge in [-0.2, -0.15) is 0 Å². The minimum Gasteiger partial charge on any atom is -0.824 e. The van der Waals surface area contributed by atoms with Gasteiger partial charge in [-0.05, 0) is 0 Å². The molecule has 0 aromatic carbocycles. The molecular weight excluding hydrogens is 70.0 g/mol. The first-order valence-electron chi connectivity index (χ1n) is 0.789. The van der Waals surface area contributed by atoms with Crippen molar-refractivity contribution in [3.8, 4) is 0 Å². The molecular formula is C2H4Li2S. The van der Waals surface area contributed by atoms with Crippen LogP contribution in [0, 0.1) is 6.92 Å². The summed E-state index contributed by atoms with van der Waals surface area (Å²) in [4.78, 5) is 0. The third-order valence-corrected chi connectivity index (χ3v) is 0. The first kappa shape index (κ1) is 16.0. The zero-order valence-corrected chi connectivity index (χ0v) is 4.64. The molecule has 0 bridgehead atoms. The molecule has 0 aromatic heterocycles. The third-order valence-electron chi connectivity index (χ3n) is 0. The van der Waals surface area contributed by atoms with Crippen molar-refractivity contribution in [2.24, 2.45) is 0 Å². The molecule has 0 aromatic rings. The van der Waals surface area contributed by atoms with E-state index in [4.69, 9.17) is 0 Å². The molecule has 0 saturated heterocycles. The monoisotopic (exact) mass is 74.0 g/mol. The smallest absolute Gasteiger partial charge is 0.824 e. The second-order valence-corrected chi connectivity index (χ2v) is 0.612. The van der Waals surface area contributed by atoms with E-state index in [0.29, 0.717) is 5.75 Å². The van der Waals surface area contributed by atoms with Crippen molar-refractivity contribution >= 4 is 12.6 Å². The summed E-state index contributed by atoms with van der Waals surface area (Å²) < 4.78 is 0. The molecule has 0 spiro atoms. The Hall–Kier alpha value is 1.54. The Morgan fingerprint density at radius 2 is 1.40 bits per heavy atom. The van der Waals surface area contributed by atoms with Gasteiger partial charge in [-0.1, -0.05) is 0 Å². The van der Waals surface area contributed by atoms with E-state index in [1.54, 1.807) is 0 Å². The molecule has 0 radical (unpaired) electrons. The van der Waals surface area contributed by atoms with E-state index in [0.717, 1.165) is 0 Å². The first-order valence-corrected chi connectivity index (χ1v) is 1.37. The van der Waals surface area contributed by atoms with E-state index in [9.17, 15) is 0 Å². The van der Waals surface area contributed by atoms with Crippen LogP contribution in [0.3, 0.4) is 0 Å². The summed E-state index contributed by atoms with van der Waals surface area (Å²) in [6.45, 7) is 3.30. The van der Waals surface area contributed by atoms with E-state index in [1.807, 2.05) is 0 Å². The fourth-order valence-corrected chi connectivity index (χ4v) is 0. The summed E-state index contributed by atoms with van der Waals surface area (Å²) in [5.41, 5.74) is 0. The van der Waals surface area contributed by atoms with E-state index >= 15 is 0 Å². The van der Waals surface area contributed by atoms with Crippen LogP contribution in [-0.2, 0) is 12.6 Å². The van der Waals surface area contributed by atoms with Gasteiger partial charge in [0.2, 0.25) is 0 Å². The van der Waals surface area contributed by atoms with Crippen molar-refractivity contribution in [3.05, 3.63) is 6.92 Å².